The van der Waals surface area contributed by atoms with Crippen molar-refractivity contribution in [3.63, 3.8) is 0 Å². The Balaban J connectivity index is 2.24. The highest BCUT2D eigenvalue weighted by atomic mass is 32.1. The van der Waals surface area contributed by atoms with Crippen LogP contribution in [0.1, 0.15) is 28.0 Å². The molecule has 0 saturated carbocycles. The van der Waals surface area contributed by atoms with E-state index in [0.29, 0.717) is 18.8 Å². The maximum Gasteiger partial charge on any atom is 0.360 e. The molecule has 0 aliphatic carbocycles. The molecule has 2 N–H and O–H groups in total. The average Bonchev–Trinajstić information content (AvgIpc) is 2.99. The quantitative estimate of drug-likeness (QED) is 0.817. The molecule has 2 rings (SSSR count). The van der Waals surface area contributed by atoms with Gasteiger partial charge in [0.2, 0.25) is 0 Å². The van der Waals surface area contributed by atoms with Crippen molar-refractivity contribution in [2.24, 2.45) is 5.73 Å². The topological polar surface area (TPSA) is 83.0 Å². The number of esters is 1. The molecule has 96 valence electrons. The van der Waals surface area contributed by atoms with Crippen molar-refractivity contribution in [3.8, 4) is 0 Å². The van der Waals surface area contributed by atoms with E-state index in [2.05, 4.69) is 10.3 Å². The summed E-state index contributed by atoms with van der Waals surface area (Å²) in [6.07, 6.45) is 0. The Morgan fingerprint density at radius 3 is 3.06 bits per heavy atom. The van der Waals surface area contributed by atoms with Gasteiger partial charge in [-0.15, -0.1) is 16.4 Å². The maximum absolute atomic E-state index is 11.6. The number of carbonyl (C=O) groups is 1. The molecule has 0 aliphatic heterocycles. The van der Waals surface area contributed by atoms with E-state index in [-0.39, 0.29) is 12.2 Å². The number of rotatable bonds is 5. The third-order valence-electron chi connectivity index (χ3n) is 2.39. The predicted molar refractivity (Wildman–Crippen MR) is 67.3 cm³/mol. The lowest BCUT2D eigenvalue weighted by Crippen LogP contribution is -2.14. The minimum atomic E-state index is -0.477. The molecule has 0 fully saturated rings. The van der Waals surface area contributed by atoms with Crippen molar-refractivity contribution in [1.29, 1.82) is 0 Å². The first-order chi connectivity index (χ1) is 8.76. The lowest BCUT2D eigenvalue weighted by molar-refractivity contribution is 0.0518. The van der Waals surface area contributed by atoms with E-state index < -0.39 is 5.97 Å². The molecule has 6 nitrogen and oxygen atoms in total. The number of carbonyl (C=O) groups excluding carboxylic acids is 1. The van der Waals surface area contributed by atoms with Crippen molar-refractivity contribution in [1.82, 2.24) is 15.0 Å². The highest BCUT2D eigenvalue weighted by Gasteiger charge is 2.19. The molecule has 18 heavy (non-hydrogen) atoms. The fourth-order valence-corrected chi connectivity index (χ4v) is 2.26. The molecule has 0 aliphatic rings. The Hall–Kier alpha value is -1.73. The highest BCUT2D eigenvalue weighted by Crippen LogP contribution is 2.13. The predicted octanol–water partition coefficient (Wildman–Crippen LogP) is 1.02. The lowest BCUT2D eigenvalue weighted by Gasteiger charge is -2.04. The Morgan fingerprint density at radius 1 is 1.61 bits per heavy atom. The van der Waals surface area contributed by atoms with Gasteiger partial charge in [-0.3, -0.25) is 0 Å². The molecule has 0 bridgehead atoms. The van der Waals surface area contributed by atoms with Crippen molar-refractivity contribution in [2.75, 3.05) is 6.61 Å². The molecule has 0 atom stereocenters. The van der Waals surface area contributed by atoms with E-state index in [9.17, 15) is 4.79 Å². The number of aromatic nitrogens is 3. The van der Waals surface area contributed by atoms with E-state index in [4.69, 9.17) is 10.5 Å². The molecule has 0 radical (unpaired) electrons. The monoisotopic (exact) mass is 266 g/mol. The molecule has 0 amide bonds. The summed E-state index contributed by atoms with van der Waals surface area (Å²) in [6, 6.07) is 3.96. The van der Waals surface area contributed by atoms with Crippen LogP contribution in [0.2, 0.25) is 0 Å². The second kappa shape index (κ2) is 5.74. The minimum absolute atomic E-state index is 0.201. The van der Waals surface area contributed by atoms with Crippen LogP contribution >= 0.6 is 11.3 Å². The van der Waals surface area contributed by atoms with Crippen LogP contribution in [-0.2, 0) is 17.8 Å². The van der Waals surface area contributed by atoms with Gasteiger partial charge in [-0.25, -0.2) is 9.48 Å². The molecular formula is C11H14N4O2S. The Labute approximate surface area is 108 Å². The molecule has 2 aromatic rings. The van der Waals surface area contributed by atoms with Gasteiger partial charge in [0.25, 0.3) is 0 Å². The molecule has 0 saturated heterocycles. The number of hydrogen-bond donors (Lipinski definition) is 1. The lowest BCUT2D eigenvalue weighted by atomic mass is 10.3. The number of nitrogens with two attached hydrogens (primary N) is 1. The minimum Gasteiger partial charge on any atom is -0.461 e. The van der Waals surface area contributed by atoms with Crippen LogP contribution in [0.5, 0.6) is 0 Å². The third kappa shape index (κ3) is 2.57. The summed E-state index contributed by atoms with van der Waals surface area (Å²) < 4.78 is 6.55. The van der Waals surface area contributed by atoms with Crippen LogP contribution in [0, 0.1) is 0 Å². The molecule has 2 aromatic heterocycles. The number of nitrogens with zero attached hydrogens (tertiary/aromatic N) is 3. The average molecular weight is 266 g/mol. The number of thiophene rings is 1. The fraction of sp³-hybridized carbons (Fsp3) is 0.364. The standard InChI is InChI=1S/C11H14N4O2S/c1-2-17-11(16)10-9(6-12)15(14-13-10)7-8-4-3-5-18-8/h3-5H,2,6-7,12H2,1H3. The molecule has 7 heteroatoms. The normalized spacial score (nSPS) is 10.6. The molecule has 0 unspecified atom stereocenters. The van der Waals surface area contributed by atoms with Crippen molar-refractivity contribution in [3.05, 3.63) is 33.8 Å². The second-order valence-electron chi connectivity index (χ2n) is 3.55. The summed E-state index contributed by atoms with van der Waals surface area (Å²) in [5, 5.41) is 9.79. The Kier molecular flexibility index (Phi) is 4.06. The first-order valence-electron chi connectivity index (χ1n) is 5.58. The van der Waals surface area contributed by atoms with Gasteiger partial charge in [0.1, 0.15) is 0 Å². The summed E-state index contributed by atoms with van der Waals surface area (Å²) in [5.74, 6) is -0.477. The number of hydrogen-bond acceptors (Lipinski definition) is 6. The molecule has 0 aromatic carbocycles. The van der Waals surface area contributed by atoms with E-state index in [1.165, 1.54) is 0 Å². The first-order valence-corrected chi connectivity index (χ1v) is 6.46. The van der Waals surface area contributed by atoms with Crippen LogP contribution in [0.3, 0.4) is 0 Å². The Bertz CT molecular complexity index is 521. The van der Waals surface area contributed by atoms with E-state index in [1.54, 1.807) is 22.9 Å². The summed E-state index contributed by atoms with van der Waals surface area (Å²) in [4.78, 5) is 12.8. The van der Waals surface area contributed by atoms with Gasteiger partial charge in [-0.1, -0.05) is 11.3 Å². The smallest absolute Gasteiger partial charge is 0.360 e. The van der Waals surface area contributed by atoms with Crippen LogP contribution < -0.4 is 5.73 Å². The fourth-order valence-electron chi connectivity index (χ4n) is 1.57. The van der Waals surface area contributed by atoms with Crippen molar-refractivity contribution < 1.29 is 9.53 Å². The Morgan fingerprint density at radius 2 is 2.44 bits per heavy atom. The van der Waals surface area contributed by atoms with E-state index >= 15 is 0 Å². The zero-order chi connectivity index (χ0) is 13.0. The van der Waals surface area contributed by atoms with Crippen LogP contribution in [0.4, 0.5) is 0 Å². The highest BCUT2D eigenvalue weighted by molar-refractivity contribution is 7.09. The summed E-state index contributed by atoms with van der Waals surface area (Å²) in [6.45, 7) is 2.82. The summed E-state index contributed by atoms with van der Waals surface area (Å²) in [7, 11) is 0. The second-order valence-corrected chi connectivity index (χ2v) is 4.58. The van der Waals surface area contributed by atoms with Crippen LogP contribution in [0.15, 0.2) is 17.5 Å². The van der Waals surface area contributed by atoms with Crippen LogP contribution in [-0.4, -0.2) is 27.6 Å². The van der Waals surface area contributed by atoms with Crippen molar-refractivity contribution >= 4 is 17.3 Å². The third-order valence-corrected chi connectivity index (χ3v) is 3.25. The van der Waals surface area contributed by atoms with Gasteiger partial charge in [0.05, 0.1) is 18.8 Å². The van der Waals surface area contributed by atoms with Gasteiger partial charge in [0, 0.05) is 11.4 Å². The maximum atomic E-state index is 11.6. The molecule has 0 spiro atoms. The zero-order valence-electron chi connectivity index (χ0n) is 10.00. The molecular weight excluding hydrogens is 252 g/mol. The summed E-state index contributed by atoms with van der Waals surface area (Å²) >= 11 is 1.62. The van der Waals surface area contributed by atoms with Crippen LogP contribution in [0.25, 0.3) is 0 Å². The van der Waals surface area contributed by atoms with Gasteiger partial charge in [-0.05, 0) is 18.4 Å². The zero-order valence-corrected chi connectivity index (χ0v) is 10.8. The van der Waals surface area contributed by atoms with E-state index in [1.807, 2.05) is 17.5 Å². The van der Waals surface area contributed by atoms with Gasteiger partial charge in [0.15, 0.2) is 5.69 Å². The largest absolute Gasteiger partial charge is 0.461 e. The summed E-state index contributed by atoms with van der Waals surface area (Å²) in [5.41, 5.74) is 6.46. The van der Waals surface area contributed by atoms with Crippen molar-refractivity contribution in [2.45, 2.75) is 20.0 Å². The SMILES string of the molecule is CCOC(=O)c1nnn(Cc2cccs2)c1CN. The van der Waals surface area contributed by atoms with Gasteiger partial charge in [-0.2, -0.15) is 0 Å². The first kappa shape index (κ1) is 12.7. The molecule has 2 heterocycles. The van der Waals surface area contributed by atoms with Gasteiger partial charge < -0.3 is 10.5 Å². The van der Waals surface area contributed by atoms with E-state index in [0.717, 1.165) is 4.88 Å². The number of ether oxygens (including phenoxy) is 1. The van der Waals surface area contributed by atoms with Gasteiger partial charge >= 0.3 is 5.97 Å².